The zero-order valence-corrected chi connectivity index (χ0v) is 25.4. The molecule has 41 heavy (non-hydrogen) atoms. The summed E-state index contributed by atoms with van der Waals surface area (Å²) in [6.07, 6.45) is -0.191. The van der Waals surface area contributed by atoms with Gasteiger partial charge in [0.2, 0.25) is 5.75 Å². The highest BCUT2D eigenvalue weighted by Gasteiger charge is 2.33. The standard InChI is InChI=1S/C30H44O11/c1-9-21-22(10-11-37-15-20-16-40-30(2,3)41-20)27(24(39-18-33-5)14-23(21)38-17-32-4)28(31)19-12-25(34-6)29(36-8)26(13-19)35-7/h12-14,20,28,31H,9-11,15-18H2,1-8H3. The molecular weight excluding hydrogens is 536 g/mol. The summed E-state index contributed by atoms with van der Waals surface area (Å²) in [7, 11) is 7.67. The first-order valence-electron chi connectivity index (χ1n) is 13.5. The highest BCUT2D eigenvalue weighted by atomic mass is 16.7. The number of hydrogen-bond donors (Lipinski definition) is 1. The smallest absolute Gasteiger partial charge is 0.203 e. The van der Waals surface area contributed by atoms with Crippen molar-refractivity contribution in [2.24, 2.45) is 0 Å². The lowest BCUT2D eigenvalue weighted by molar-refractivity contribution is -0.144. The van der Waals surface area contributed by atoms with Gasteiger partial charge in [-0.05, 0) is 55.5 Å². The molecule has 0 spiro atoms. The molecule has 230 valence electrons. The van der Waals surface area contributed by atoms with Gasteiger partial charge >= 0.3 is 0 Å². The number of methoxy groups -OCH3 is 5. The van der Waals surface area contributed by atoms with E-state index < -0.39 is 11.9 Å². The average molecular weight is 581 g/mol. The topological polar surface area (TPSA) is 113 Å². The molecule has 0 radical (unpaired) electrons. The van der Waals surface area contributed by atoms with Crippen molar-refractivity contribution in [3.05, 3.63) is 40.5 Å². The van der Waals surface area contributed by atoms with Crippen LogP contribution in [0, 0.1) is 0 Å². The Morgan fingerprint density at radius 2 is 1.51 bits per heavy atom. The summed E-state index contributed by atoms with van der Waals surface area (Å²) in [6.45, 7) is 7.01. The first-order valence-corrected chi connectivity index (χ1v) is 13.5. The zero-order valence-electron chi connectivity index (χ0n) is 25.4. The third kappa shape index (κ3) is 8.15. The minimum atomic E-state index is -1.13. The summed E-state index contributed by atoms with van der Waals surface area (Å²) in [5, 5.41) is 11.9. The molecule has 11 heteroatoms. The minimum absolute atomic E-state index is 0.0328. The second-order valence-electron chi connectivity index (χ2n) is 9.84. The Balaban J connectivity index is 2.06. The first kappa shape index (κ1) is 32.7. The van der Waals surface area contributed by atoms with Crippen LogP contribution in [-0.2, 0) is 36.5 Å². The predicted molar refractivity (Wildman–Crippen MR) is 150 cm³/mol. The van der Waals surface area contributed by atoms with E-state index in [2.05, 4.69) is 0 Å². The van der Waals surface area contributed by atoms with Crippen LogP contribution in [0.5, 0.6) is 28.7 Å². The summed E-state index contributed by atoms with van der Waals surface area (Å²) in [5.74, 6) is 1.63. The van der Waals surface area contributed by atoms with E-state index in [0.29, 0.717) is 72.5 Å². The van der Waals surface area contributed by atoms with Crippen LogP contribution in [0.2, 0.25) is 0 Å². The SMILES string of the molecule is CCc1c(OCOC)cc(OCOC)c(C(O)c2cc(OC)c(OC)c(OC)c2)c1CCOCC1COC(C)(C)O1. The van der Waals surface area contributed by atoms with Crippen LogP contribution < -0.4 is 23.7 Å². The fourth-order valence-corrected chi connectivity index (χ4v) is 4.87. The molecule has 0 bridgehead atoms. The van der Waals surface area contributed by atoms with Gasteiger partial charge in [0.15, 0.2) is 30.9 Å². The summed E-state index contributed by atoms with van der Waals surface area (Å²) >= 11 is 0. The molecule has 0 saturated carbocycles. The van der Waals surface area contributed by atoms with Crippen LogP contribution >= 0.6 is 0 Å². The summed E-state index contributed by atoms with van der Waals surface area (Å²) in [5.41, 5.74) is 2.81. The quantitative estimate of drug-likeness (QED) is 0.216. The second-order valence-corrected chi connectivity index (χ2v) is 9.84. The molecule has 2 aromatic rings. The Hall–Kier alpha value is -2.80. The van der Waals surface area contributed by atoms with E-state index in [-0.39, 0.29) is 19.7 Å². The van der Waals surface area contributed by atoms with E-state index in [1.54, 1.807) is 25.3 Å². The normalized spacial score (nSPS) is 16.9. The van der Waals surface area contributed by atoms with Gasteiger partial charge in [0.25, 0.3) is 0 Å². The van der Waals surface area contributed by atoms with Crippen molar-refractivity contribution >= 4 is 0 Å². The number of aliphatic hydroxyl groups is 1. The van der Waals surface area contributed by atoms with Crippen LogP contribution in [0.1, 0.15) is 49.1 Å². The lowest BCUT2D eigenvalue weighted by Gasteiger charge is -2.26. The van der Waals surface area contributed by atoms with Crippen molar-refractivity contribution in [3.8, 4) is 28.7 Å². The van der Waals surface area contributed by atoms with E-state index >= 15 is 0 Å². The lowest BCUT2D eigenvalue weighted by atomic mass is 9.89. The molecule has 3 rings (SSSR count). The second kappa shape index (κ2) is 15.4. The van der Waals surface area contributed by atoms with Crippen LogP contribution in [0.25, 0.3) is 0 Å². The van der Waals surface area contributed by atoms with Gasteiger partial charge in [-0.2, -0.15) is 0 Å². The van der Waals surface area contributed by atoms with Crippen LogP contribution in [0.3, 0.4) is 0 Å². The van der Waals surface area contributed by atoms with Crippen molar-refractivity contribution in [1.82, 2.24) is 0 Å². The van der Waals surface area contributed by atoms with Gasteiger partial charge in [-0.25, -0.2) is 0 Å². The Bertz CT molecular complexity index is 1090. The highest BCUT2D eigenvalue weighted by molar-refractivity contribution is 5.59. The molecule has 11 nitrogen and oxygen atoms in total. The monoisotopic (exact) mass is 580 g/mol. The van der Waals surface area contributed by atoms with Gasteiger partial charge in [0, 0.05) is 25.8 Å². The Morgan fingerprint density at radius 1 is 0.878 bits per heavy atom. The minimum Gasteiger partial charge on any atom is -0.493 e. The van der Waals surface area contributed by atoms with Crippen LogP contribution in [0.15, 0.2) is 18.2 Å². The molecule has 2 unspecified atom stereocenters. The largest absolute Gasteiger partial charge is 0.493 e. The third-order valence-electron chi connectivity index (χ3n) is 6.68. The number of rotatable bonds is 17. The first-order chi connectivity index (χ1) is 19.7. The molecule has 2 atom stereocenters. The van der Waals surface area contributed by atoms with Crippen molar-refractivity contribution in [2.45, 2.75) is 51.6 Å². The van der Waals surface area contributed by atoms with Gasteiger partial charge in [0.1, 0.15) is 23.7 Å². The maximum Gasteiger partial charge on any atom is 0.203 e. The van der Waals surface area contributed by atoms with E-state index in [4.69, 9.17) is 47.4 Å². The van der Waals surface area contributed by atoms with Crippen LogP contribution in [-0.4, -0.2) is 86.0 Å². The maximum absolute atomic E-state index is 11.9. The molecule has 0 aromatic heterocycles. The average Bonchev–Trinajstić information content (AvgIpc) is 3.33. The molecule has 0 amide bonds. The van der Waals surface area contributed by atoms with Gasteiger partial charge < -0.3 is 52.5 Å². The summed E-state index contributed by atoms with van der Waals surface area (Å²) in [4.78, 5) is 0. The Kier molecular flexibility index (Phi) is 12.3. The maximum atomic E-state index is 11.9. The van der Waals surface area contributed by atoms with E-state index in [1.807, 2.05) is 20.8 Å². The molecule has 1 aliphatic heterocycles. The van der Waals surface area contributed by atoms with Crippen molar-refractivity contribution in [1.29, 1.82) is 0 Å². The number of ether oxygens (including phenoxy) is 10. The number of aliphatic hydroxyl groups excluding tert-OH is 1. The Labute approximate surface area is 242 Å². The molecule has 1 N–H and O–H groups in total. The summed E-state index contributed by atoms with van der Waals surface area (Å²) < 4.78 is 56.4. The molecule has 2 aromatic carbocycles. The molecule has 0 aliphatic carbocycles. The Morgan fingerprint density at radius 3 is 2.02 bits per heavy atom. The molecule has 1 saturated heterocycles. The predicted octanol–water partition coefficient (Wildman–Crippen LogP) is 4.03. The fraction of sp³-hybridized carbons (Fsp3) is 0.600. The number of benzene rings is 2. The van der Waals surface area contributed by atoms with Crippen molar-refractivity contribution in [2.75, 3.05) is 69.0 Å². The van der Waals surface area contributed by atoms with E-state index in [0.717, 1.165) is 11.1 Å². The van der Waals surface area contributed by atoms with Gasteiger partial charge in [-0.3, -0.25) is 0 Å². The third-order valence-corrected chi connectivity index (χ3v) is 6.68. The fourth-order valence-electron chi connectivity index (χ4n) is 4.87. The van der Waals surface area contributed by atoms with Crippen molar-refractivity contribution in [3.63, 3.8) is 0 Å². The zero-order chi connectivity index (χ0) is 30.0. The van der Waals surface area contributed by atoms with Crippen molar-refractivity contribution < 1.29 is 52.5 Å². The lowest BCUT2D eigenvalue weighted by Crippen LogP contribution is -2.24. The van der Waals surface area contributed by atoms with E-state index in [9.17, 15) is 5.11 Å². The molecular formula is C30H44O11. The van der Waals surface area contributed by atoms with Crippen LogP contribution in [0.4, 0.5) is 0 Å². The number of hydrogen-bond acceptors (Lipinski definition) is 11. The summed E-state index contributed by atoms with van der Waals surface area (Å²) in [6, 6.07) is 5.18. The molecule has 1 heterocycles. The van der Waals surface area contributed by atoms with Gasteiger partial charge in [0.05, 0.1) is 41.2 Å². The van der Waals surface area contributed by atoms with Gasteiger partial charge in [-0.1, -0.05) is 6.92 Å². The highest BCUT2D eigenvalue weighted by Crippen LogP contribution is 2.45. The van der Waals surface area contributed by atoms with E-state index in [1.165, 1.54) is 28.4 Å². The molecule has 1 fully saturated rings. The molecule has 1 aliphatic rings. The van der Waals surface area contributed by atoms with Gasteiger partial charge in [-0.15, -0.1) is 0 Å².